The largest absolute Gasteiger partial charge is 0.497 e. The van der Waals surface area contributed by atoms with Gasteiger partial charge in [0.25, 0.3) is 0 Å². The van der Waals surface area contributed by atoms with Crippen LogP contribution in [0.4, 0.5) is 0 Å². The Bertz CT molecular complexity index is 418. The Morgan fingerprint density at radius 1 is 1.17 bits per heavy atom. The normalized spacial score (nSPS) is 13.2. The molecule has 1 rings (SSSR count). The summed E-state index contributed by atoms with van der Waals surface area (Å²) in [7, 11) is -1.18. The van der Waals surface area contributed by atoms with Crippen LogP contribution in [0.2, 0.25) is 0 Å². The average Bonchev–Trinajstić information content (AvgIpc) is 2.33. The molecule has 0 radical (unpaired) electrons. The molecule has 6 heteroatoms. The molecule has 0 heterocycles. The first-order valence-corrected chi connectivity index (χ1v) is 7.38. The number of benzene rings is 1. The maximum Gasteiger partial charge on any atom is 0.332 e. The van der Waals surface area contributed by atoms with Crippen LogP contribution in [0.25, 0.3) is 0 Å². The van der Waals surface area contributed by atoms with Gasteiger partial charge in [0.05, 0.1) is 19.9 Å². The first kappa shape index (κ1) is 15.0. The van der Waals surface area contributed by atoms with Crippen molar-refractivity contribution in [3.8, 4) is 11.5 Å². The maximum atomic E-state index is 11.5. The molecule has 5 nitrogen and oxygen atoms in total. The van der Waals surface area contributed by atoms with Crippen LogP contribution in [0, 0.1) is 0 Å². The van der Waals surface area contributed by atoms with Crippen molar-refractivity contribution in [2.45, 2.75) is 25.4 Å². The number of rotatable bonds is 6. The Morgan fingerprint density at radius 3 is 2.00 bits per heavy atom. The van der Waals surface area contributed by atoms with Crippen molar-refractivity contribution < 1.29 is 23.8 Å². The highest BCUT2D eigenvalue weighted by Gasteiger charge is 2.30. The molecule has 2 N–H and O–H groups in total. The smallest absolute Gasteiger partial charge is 0.332 e. The summed E-state index contributed by atoms with van der Waals surface area (Å²) in [5.41, 5.74) is -0.270. The van der Waals surface area contributed by atoms with E-state index in [-0.39, 0.29) is 0 Å². The Balaban J connectivity index is 3.22. The minimum absolute atomic E-state index is 0.417. The van der Waals surface area contributed by atoms with E-state index in [1.807, 2.05) is 6.92 Å². The highest BCUT2D eigenvalue weighted by molar-refractivity contribution is 7.52. The van der Waals surface area contributed by atoms with E-state index in [1.165, 1.54) is 14.2 Å². The third kappa shape index (κ3) is 3.73. The molecule has 1 unspecified atom stereocenters. The lowest BCUT2D eigenvalue weighted by molar-refractivity contribution is 0.354. The average molecular weight is 274 g/mol. The molecule has 0 aromatic heterocycles. The summed E-state index contributed by atoms with van der Waals surface area (Å²) in [4.78, 5) is 18.8. The molecule has 0 aliphatic heterocycles. The van der Waals surface area contributed by atoms with Crippen molar-refractivity contribution >= 4 is 7.60 Å². The molecule has 0 fully saturated rings. The standard InChI is InChI=1S/C12H19O5P/c1-4-5-12(18(13,14)15)9-6-10(16-2)8-11(7-9)17-3/h6-8,12H,4-5H2,1-3H3,(H2,13,14,15). The van der Waals surface area contributed by atoms with E-state index in [1.54, 1.807) is 18.2 Å². The topological polar surface area (TPSA) is 76.0 Å². The van der Waals surface area contributed by atoms with Crippen LogP contribution in [0.5, 0.6) is 11.5 Å². The van der Waals surface area contributed by atoms with Crippen molar-refractivity contribution in [3.05, 3.63) is 23.8 Å². The van der Waals surface area contributed by atoms with Gasteiger partial charge in [-0.2, -0.15) is 0 Å². The van der Waals surface area contributed by atoms with Crippen LogP contribution in [0.1, 0.15) is 31.0 Å². The molecule has 18 heavy (non-hydrogen) atoms. The van der Waals surface area contributed by atoms with E-state index in [9.17, 15) is 14.4 Å². The third-order valence-corrected chi connectivity index (χ3v) is 4.10. The van der Waals surface area contributed by atoms with Crippen molar-refractivity contribution in [2.75, 3.05) is 14.2 Å². The molecule has 0 saturated carbocycles. The van der Waals surface area contributed by atoms with Gasteiger partial charge in [-0.25, -0.2) is 0 Å². The zero-order chi connectivity index (χ0) is 13.8. The molecule has 0 spiro atoms. The van der Waals surface area contributed by atoms with Crippen LogP contribution in [0.3, 0.4) is 0 Å². The van der Waals surface area contributed by atoms with E-state index in [2.05, 4.69) is 0 Å². The number of hydrogen-bond donors (Lipinski definition) is 2. The van der Waals surface area contributed by atoms with Gasteiger partial charge < -0.3 is 19.3 Å². The number of hydrogen-bond acceptors (Lipinski definition) is 3. The lowest BCUT2D eigenvalue weighted by atomic mass is 10.1. The third-order valence-electron chi connectivity index (χ3n) is 2.73. The fourth-order valence-electron chi connectivity index (χ4n) is 1.82. The molecule has 0 aliphatic carbocycles. The molecule has 0 saturated heterocycles. The first-order chi connectivity index (χ1) is 8.42. The fraction of sp³-hybridized carbons (Fsp3) is 0.500. The van der Waals surface area contributed by atoms with Gasteiger partial charge in [-0.05, 0) is 24.1 Å². The van der Waals surface area contributed by atoms with Crippen molar-refractivity contribution in [3.63, 3.8) is 0 Å². The fourth-order valence-corrected chi connectivity index (χ4v) is 2.96. The molecule has 0 bridgehead atoms. The second-order valence-corrected chi connectivity index (χ2v) is 5.84. The van der Waals surface area contributed by atoms with Crippen LogP contribution in [0.15, 0.2) is 18.2 Å². The van der Waals surface area contributed by atoms with Gasteiger partial charge >= 0.3 is 7.60 Å². The molecular weight excluding hydrogens is 255 g/mol. The van der Waals surface area contributed by atoms with Gasteiger partial charge in [0.2, 0.25) is 0 Å². The Kier molecular flexibility index (Phi) is 5.20. The SMILES string of the molecule is CCCC(c1cc(OC)cc(OC)c1)P(=O)(O)O. The second-order valence-electron chi connectivity index (χ2n) is 4.04. The Labute approximate surface area is 107 Å². The minimum Gasteiger partial charge on any atom is -0.497 e. The molecule has 102 valence electrons. The van der Waals surface area contributed by atoms with E-state index in [4.69, 9.17) is 9.47 Å². The molecular formula is C12H19O5P. The predicted molar refractivity (Wildman–Crippen MR) is 69.2 cm³/mol. The Hall–Kier alpha value is -1.03. The summed E-state index contributed by atoms with van der Waals surface area (Å²) in [5.74, 6) is 1.05. The summed E-state index contributed by atoms with van der Waals surface area (Å²) in [5, 5.41) is 0. The Morgan fingerprint density at radius 2 is 1.67 bits per heavy atom. The van der Waals surface area contributed by atoms with Gasteiger partial charge in [-0.15, -0.1) is 0 Å². The number of methoxy groups -OCH3 is 2. The number of ether oxygens (including phenoxy) is 2. The first-order valence-electron chi connectivity index (χ1n) is 5.70. The van der Waals surface area contributed by atoms with E-state index >= 15 is 0 Å². The molecule has 0 aliphatic rings. The summed E-state index contributed by atoms with van der Waals surface area (Å²) < 4.78 is 21.7. The highest BCUT2D eigenvalue weighted by atomic mass is 31.2. The molecule has 0 amide bonds. The predicted octanol–water partition coefficient (Wildman–Crippen LogP) is 2.72. The van der Waals surface area contributed by atoms with E-state index < -0.39 is 13.3 Å². The van der Waals surface area contributed by atoms with Crippen LogP contribution < -0.4 is 9.47 Å². The maximum absolute atomic E-state index is 11.5. The van der Waals surface area contributed by atoms with Crippen LogP contribution in [-0.4, -0.2) is 24.0 Å². The van der Waals surface area contributed by atoms with Crippen molar-refractivity contribution in [2.24, 2.45) is 0 Å². The summed E-state index contributed by atoms with van der Waals surface area (Å²) in [6.07, 6.45) is 1.11. The van der Waals surface area contributed by atoms with E-state index in [0.717, 1.165) is 0 Å². The van der Waals surface area contributed by atoms with Gasteiger partial charge in [-0.3, -0.25) is 4.57 Å². The van der Waals surface area contributed by atoms with Gasteiger partial charge in [-0.1, -0.05) is 13.3 Å². The quantitative estimate of drug-likeness (QED) is 0.780. The summed E-state index contributed by atoms with van der Waals surface area (Å²) in [6, 6.07) is 4.95. The molecule has 1 atom stereocenters. The van der Waals surface area contributed by atoms with Crippen LogP contribution in [-0.2, 0) is 4.57 Å². The summed E-state index contributed by atoms with van der Waals surface area (Å²) in [6.45, 7) is 1.89. The van der Waals surface area contributed by atoms with Crippen molar-refractivity contribution in [1.29, 1.82) is 0 Å². The highest BCUT2D eigenvalue weighted by Crippen LogP contribution is 2.55. The summed E-state index contributed by atoms with van der Waals surface area (Å²) >= 11 is 0. The van der Waals surface area contributed by atoms with E-state index in [0.29, 0.717) is 29.9 Å². The van der Waals surface area contributed by atoms with Gasteiger partial charge in [0.1, 0.15) is 11.5 Å². The van der Waals surface area contributed by atoms with Crippen molar-refractivity contribution in [1.82, 2.24) is 0 Å². The molecule has 1 aromatic rings. The second kappa shape index (κ2) is 6.23. The zero-order valence-corrected chi connectivity index (χ0v) is 11.7. The molecule has 1 aromatic carbocycles. The van der Waals surface area contributed by atoms with Crippen LogP contribution >= 0.6 is 7.60 Å². The zero-order valence-electron chi connectivity index (χ0n) is 10.8. The van der Waals surface area contributed by atoms with Gasteiger partial charge in [0, 0.05) is 6.07 Å². The lowest BCUT2D eigenvalue weighted by Gasteiger charge is -2.19. The minimum atomic E-state index is -4.19. The lowest BCUT2D eigenvalue weighted by Crippen LogP contribution is -2.01. The monoisotopic (exact) mass is 274 g/mol. The van der Waals surface area contributed by atoms with Gasteiger partial charge in [0.15, 0.2) is 0 Å².